The van der Waals surface area contributed by atoms with Gasteiger partial charge in [-0.1, -0.05) is 6.07 Å². The molecule has 0 aliphatic rings. The van der Waals surface area contributed by atoms with Gasteiger partial charge in [-0.3, -0.25) is 0 Å². The van der Waals surface area contributed by atoms with Crippen molar-refractivity contribution in [2.45, 2.75) is 0 Å². The molecule has 0 atom stereocenters. The van der Waals surface area contributed by atoms with Crippen molar-refractivity contribution in [2.75, 3.05) is 33.2 Å². The largest absolute Gasteiger partial charge is 0.493 e. The summed E-state index contributed by atoms with van der Waals surface area (Å²) in [5.74, 6) is 2.38. The summed E-state index contributed by atoms with van der Waals surface area (Å²) in [5.41, 5.74) is 2.10. The zero-order valence-electron chi connectivity index (χ0n) is 11.7. The van der Waals surface area contributed by atoms with Crippen LogP contribution in [0, 0.1) is 0 Å². The zero-order chi connectivity index (χ0) is 13.8. The van der Waals surface area contributed by atoms with Gasteiger partial charge in [-0.05, 0) is 29.8 Å². The highest BCUT2D eigenvalue weighted by Gasteiger charge is 2.06. The van der Waals surface area contributed by atoms with Crippen LogP contribution in [0.3, 0.4) is 0 Å². The van der Waals surface area contributed by atoms with Crippen molar-refractivity contribution in [3.8, 4) is 22.6 Å². The standard InChI is InChI=1S/C15H18N2O2/c1-17(2)15-8-6-12(10-16-15)11-5-7-13(18-3)14(9-11)19-4/h5-10H,1-4H3. The van der Waals surface area contributed by atoms with E-state index >= 15 is 0 Å². The second-order valence-corrected chi connectivity index (χ2v) is 4.37. The first-order valence-electron chi connectivity index (χ1n) is 6.01. The Balaban J connectivity index is 2.36. The first-order chi connectivity index (χ1) is 9.15. The molecule has 19 heavy (non-hydrogen) atoms. The van der Waals surface area contributed by atoms with Crippen LogP contribution in [0.1, 0.15) is 0 Å². The van der Waals surface area contributed by atoms with Gasteiger partial charge >= 0.3 is 0 Å². The van der Waals surface area contributed by atoms with Gasteiger partial charge in [0.1, 0.15) is 5.82 Å². The highest BCUT2D eigenvalue weighted by molar-refractivity contribution is 5.67. The van der Waals surface area contributed by atoms with Crippen LogP contribution < -0.4 is 14.4 Å². The minimum Gasteiger partial charge on any atom is -0.493 e. The minimum absolute atomic E-state index is 0.719. The third kappa shape index (κ3) is 2.78. The van der Waals surface area contributed by atoms with Crippen LogP contribution >= 0.6 is 0 Å². The first kappa shape index (κ1) is 13.2. The molecule has 4 nitrogen and oxygen atoms in total. The van der Waals surface area contributed by atoms with Gasteiger partial charge in [-0.25, -0.2) is 4.98 Å². The van der Waals surface area contributed by atoms with Crippen LogP contribution in [0.4, 0.5) is 5.82 Å². The van der Waals surface area contributed by atoms with E-state index < -0.39 is 0 Å². The Bertz CT molecular complexity index is 551. The predicted molar refractivity (Wildman–Crippen MR) is 77.1 cm³/mol. The summed E-state index contributed by atoms with van der Waals surface area (Å²) >= 11 is 0. The van der Waals surface area contributed by atoms with Crippen molar-refractivity contribution in [3.63, 3.8) is 0 Å². The fourth-order valence-corrected chi connectivity index (χ4v) is 1.84. The third-order valence-electron chi connectivity index (χ3n) is 2.92. The quantitative estimate of drug-likeness (QED) is 0.844. The van der Waals surface area contributed by atoms with Crippen LogP contribution in [0.25, 0.3) is 11.1 Å². The molecular weight excluding hydrogens is 240 g/mol. The Morgan fingerprint density at radius 1 is 0.895 bits per heavy atom. The van der Waals surface area contributed by atoms with Crippen molar-refractivity contribution >= 4 is 5.82 Å². The van der Waals surface area contributed by atoms with Gasteiger partial charge in [0.15, 0.2) is 11.5 Å². The predicted octanol–water partition coefficient (Wildman–Crippen LogP) is 2.83. The topological polar surface area (TPSA) is 34.6 Å². The van der Waals surface area contributed by atoms with Crippen LogP contribution in [-0.4, -0.2) is 33.3 Å². The zero-order valence-corrected chi connectivity index (χ0v) is 11.7. The highest BCUT2D eigenvalue weighted by atomic mass is 16.5. The molecule has 0 radical (unpaired) electrons. The molecule has 0 bridgehead atoms. The number of benzene rings is 1. The van der Waals surface area contributed by atoms with Crippen LogP contribution in [0.15, 0.2) is 36.5 Å². The Morgan fingerprint density at radius 3 is 2.11 bits per heavy atom. The van der Waals surface area contributed by atoms with Gasteiger partial charge < -0.3 is 14.4 Å². The van der Waals surface area contributed by atoms with E-state index in [1.54, 1.807) is 14.2 Å². The number of pyridine rings is 1. The number of methoxy groups -OCH3 is 2. The van der Waals surface area contributed by atoms with E-state index in [0.717, 1.165) is 28.4 Å². The van der Waals surface area contributed by atoms with Crippen molar-refractivity contribution in [2.24, 2.45) is 0 Å². The second kappa shape index (κ2) is 5.61. The van der Waals surface area contributed by atoms with Crippen molar-refractivity contribution in [3.05, 3.63) is 36.5 Å². The molecule has 0 aliphatic heterocycles. The van der Waals surface area contributed by atoms with E-state index in [4.69, 9.17) is 9.47 Å². The number of anilines is 1. The normalized spacial score (nSPS) is 10.1. The molecule has 0 amide bonds. The van der Waals surface area contributed by atoms with Gasteiger partial charge in [0.25, 0.3) is 0 Å². The van der Waals surface area contributed by atoms with E-state index in [1.165, 1.54) is 0 Å². The maximum atomic E-state index is 5.31. The van der Waals surface area contributed by atoms with Crippen LogP contribution in [0.5, 0.6) is 11.5 Å². The van der Waals surface area contributed by atoms with Gasteiger partial charge in [0.05, 0.1) is 14.2 Å². The lowest BCUT2D eigenvalue weighted by molar-refractivity contribution is 0.355. The van der Waals surface area contributed by atoms with Gasteiger partial charge in [0.2, 0.25) is 0 Å². The molecule has 0 fully saturated rings. The summed E-state index contributed by atoms with van der Waals surface area (Å²) < 4.78 is 10.5. The van der Waals surface area contributed by atoms with Gasteiger partial charge in [-0.15, -0.1) is 0 Å². The first-order valence-corrected chi connectivity index (χ1v) is 6.01. The fourth-order valence-electron chi connectivity index (χ4n) is 1.84. The molecule has 0 saturated carbocycles. The average Bonchev–Trinajstić information content (AvgIpc) is 2.46. The highest BCUT2D eigenvalue weighted by Crippen LogP contribution is 2.32. The fraction of sp³-hybridized carbons (Fsp3) is 0.267. The van der Waals surface area contributed by atoms with Crippen molar-refractivity contribution in [1.29, 1.82) is 0 Å². The number of hydrogen-bond donors (Lipinski definition) is 0. The van der Waals surface area contributed by atoms with Gasteiger partial charge in [-0.2, -0.15) is 0 Å². The van der Waals surface area contributed by atoms with Gasteiger partial charge in [0, 0.05) is 25.9 Å². The minimum atomic E-state index is 0.719. The number of nitrogens with zero attached hydrogens (tertiary/aromatic N) is 2. The summed E-state index contributed by atoms with van der Waals surface area (Å²) in [6.45, 7) is 0. The average molecular weight is 258 g/mol. The summed E-state index contributed by atoms with van der Waals surface area (Å²) in [7, 11) is 7.21. The molecule has 0 N–H and O–H groups in total. The Morgan fingerprint density at radius 2 is 1.58 bits per heavy atom. The second-order valence-electron chi connectivity index (χ2n) is 4.37. The summed E-state index contributed by atoms with van der Waals surface area (Å²) in [5, 5.41) is 0. The Labute approximate surface area is 113 Å². The maximum Gasteiger partial charge on any atom is 0.161 e. The number of rotatable bonds is 4. The maximum absolute atomic E-state index is 5.31. The summed E-state index contributed by atoms with van der Waals surface area (Å²) in [6.07, 6.45) is 1.86. The summed E-state index contributed by atoms with van der Waals surface area (Å²) in [4.78, 5) is 6.38. The molecule has 0 spiro atoms. The molecular formula is C15H18N2O2. The number of hydrogen-bond acceptors (Lipinski definition) is 4. The third-order valence-corrected chi connectivity index (χ3v) is 2.92. The molecule has 2 rings (SSSR count). The number of ether oxygens (including phenoxy) is 2. The lowest BCUT2D eigenvalue weighted by Gasteiger charge is -2.12. The SMILES string of the molecule is COc1ccc(-c2ccc(N(C)C)nc2)cc1OC. The lowest BCUT2D eigenvalue weighted by Crippen LogP contribution is -2.09. The molecule has 2 aromatic rings. The molecule has 4 heteroatoms. The molecule has 1 aromatic carbocycles. The molecule has 0 saturated heterocycles. The van der Waals surface area contributed by atoms with Crippen molar-refractivity contribution < 1.29 is 9.47 Å². The van der Waals surface area contributed by atoms with Crippen LogP contribution in [0.2, 0.25) is 0 Å². The van der Waals surface area contributed by atoms with E-state index in [2.05, 4.69) is 4.98 Å². The molecule has 1 heterocycles. The molecule has 1 aromatic heterocycles. The van der Waals surface area contributed by atoms with E-state index in [-0.39, 0.29) is 0 Å². The number of aromatic nitrogens is 1. The monoisotopic (exact) mass is 258 g/mol. The van der Waals surface area contributed by atoms with Crippen LogP contribution in [-0.2, 0) is 0 Å². The van der Waals surface area contributed by atoms with E-state index in [0.29, 0.717) is 0 Å². The van der Waals surface area contributed by atoms with E-state index in [9.17, 15) is 0 Å². The molecule has 0 aliphatic carbocycles. The van der Waals surface area contributed by atoms with Crippen molar-refractivity contribution in [1.82, 2.24) is 4.98 Å². The Kier molecular flexibility index (Phi) is 3.90. The molecule has 100 valence electrons. The smallest absolute Gasteiger partial charge is 0.161 e. The Hall–Kier alpha value is -2.23. The summed E-state index contributed by atoms with van der Waals surface area (Å²) in [6, 6.07) is 9.88. The molecule has 0 unspecified atom stereocenters. The van der Waals surface area contributed by atoms with E-state index in [1.807, 2.05) is 55.5 Å². The lowest BCUT2D eigenvalue weighted by atomic mass is 10.1.